The third-order valence-electron chi connectivity index (χ3n) is 11.2. The first-order chi connectivity index (χ1) is 31.0. The topological polar surface area (TPSA) is 182 Å². The second-order valence-corrected chi connectivity index (χ2v) is 17.1. The summed E-state index contributed by atoms with van der Waals surface area (Å²) in [5.41, 5.74) is 1.80. The number of likely N-dealkylation sites (N-methyl/N-ethyl adjacent to an activating group) is 2. The van der Waals surface area contributed by atoms with Crippen molar-refractivity contribution >= 4 is 69.2 Å². The molecule has 0 bridgehead atoms. The van der Waals surface area contributed by atoms with E-state index < -0.39 is 47.4 Å². The number of hydrogen-bond acceptors (Lipinski definition) is 14. The molecule has 64 heavy (non-hydrogen) atoms. The highest BCUT2D eigenvalue weighted by atomic mass is 32.1. The molecule has 0 saturated heterocycles. The van der Waals surface area contributed by atoms with Gasteiger partial charge in [0.25, 0.3) is 11.8 Å². The van der Waals surface area contributed by atoms with Crippen molar-refractivity contribution in [1.29, 1.82) is 0 Å². The number of benzodiazepines with no additional fused rings is 2. The first-order valence-electron chi connectivity index (χ1n) is 20.3. The van der Waals surface area contributed by atoms with Crippen LogP contribution in [0.2, 0.25) is 0 Å². The molecule has 0 radical (unpaired) electrons. The number of para-hydroxylation sites is 2. The Morgan fingerprint density at radius 2 is 0.953 bits per heavy atom. The molecule has 4 atom stereocenters. The average molecular weight is 897 g/mol. The minimum absolute atomic E-state index is 0.231. The van der Waals surface area contributed by atoms with E-state index in [9.17, 15) is 29.4 Å². The Labute approximate surface area is 377 Å². The number of hydrogen-bond donors (Lipinski definition) is 4. The Kier molecular flexibility index (Phi) is 12.8. The highest BCUT2D eigenvalue weighted by molar-refractivity contribution is 7.12. The number of rotatable bonds is 13. The zero-order chi connectivity index (χ0) is 44.8. The van der Waals surface area contributed by atoms with E-state index in [4.69, 9.17) is 19.5 Å². The van der Waals surface area contributed by atoms with Crippen LogP contribution in [0.1, 0.15) is 41.6 Å². The normalized spacial score (nSPS) is 19.0. The fraction of sp³-hybridized carbons (Fsp3) is 0.208. The van der Waals surface area contributed by atoms with Gasteiger partial charge >= 0.3 is 11.9 Å². The Hall–Kier alpha value is -6.98. The van der Waals surface area contributed by atoms with Gasteiger partial charge in [-0.15, -0.1) is 22.7 Å². The second kappa shape index (κ2) is 18.8. The summed E-state index contributed by atoms with van der Waals surface area (Å²) in [7, 11) is 3.34. The van der Waals surface area contributed by atoms with Crippen molar-refractivity contribution in [2.24, 2.45) is 9.98 Å². The van der Waals surface area contributed by atoms with Gasteiger partial charge in [0.05, 0.1) is 34.3 Å². The van der Waals surface area contributed by atoms with E-state index >= 15 is 0 Å². The Morgan fingerprint density at radius 3 is 1.33 bits per heavy atom. The van der Waals surface area contributed by atoms with Crippen LogP contribution < -0.4 is 20.4 Å². The van der Waals surface area contributed by atoms with E-state index in [0.717, 1.165) is 11.1 Å². The van der Waals surface area contributed by atoms with Gasteiger partial charge < -0.3 is 40.1 Å². The molecular formula is C48H44N6O8S2. The molecule has 2 amide bonds. The lowest BCUT2D eigenvalue weighted by molar-refractivity contribution is -0.188. The zero-order valence-electron chi connectivity index (χ0n) is 34.8. The molecule has 0 saturated carbocycles. The molecule has 16 heteroatoms. The van der Waals surface area contributed by atoms with Crippen molar-refractivity contribution in [3.8, 4) is 0 Å². The molecule has 6 aromatic rings. The standard InChI is InChI=1S/C48H44N6O8S2/c1-53-35-21-11-9-19-33(35)39(31-15-5-3-6-16-31)49-27-47(53,29-51-43(57)37-23-13-25-63-37)61-45(59)41(55)42(56)46(60)62-48(30-52-44(58)38-24-14-26-64-38)28-50-40(32-17-7-4-8-18-32)34-20-10-12-22-36(34)54(48)2/h3-26,41-42,55-56H,27-30H2,1-2H3,(H,51,57)(H,52,58). The predicted octanol–water partition coefficient (Wildman–Crippen LogP) is 5.15. The monoisotopic (exact) mass is 896 g/mol. The number of aliphatic hydroxyl groups is 2. The summed E-state index contributed by atoms with van der Waals surface area (Å²) in [6, 6.07) is 40.4. The summed E-state index contributed by atoms with van der Waals surface area (Å²) in [6.07, 6.45) is -4.96. The van der Waals surface area contributed by atoms with Crippen LogP contribution in [-0.4, -0.2) is 109 Å². The maximum atomic E-state index is 14.2. The molecule has 8 rings (SSSR count). The van der Waals surface area contributed by atoms with Crippen molar-refractivity contribution in [2.45, 2.75) is 23.7 Å². The van der Waals surface area contributed by atoms with Crippen LogP contribution in [0.3, 0.4) is 0 Å². The van der Waals surface area contributed by atoms with Gasteiger partial charge in [-0.25, -0.2) is 9.59 Å². The number of fused-ring (bicyclic) bond motifs is 2. The fourth-order valence-electron chi connectivity index (χ4n) is 7.65. The number of nitrogens with zero attached hydrogens (tertiary/aromatic N) is 4. The summed E-state index contributed by atoms with van der Waals surface area (Å²) in [5.74, 6) is -3.64. The average Bonchev–Trinajstić information content (AvgIpc) is 4.05. The molecule has 2 aliphatic heterocycles. The molecule has 4 N–H and O–H groups in total. The molecule has 4 aromatic carbocycles. The number of ether oxygens (including phenoxy) is 2. The number of thiophene rings is 2. The maximum Gasteiger partial charge on any atom is 0.340 e. The number of esters is 2. The van der Waals surface area contributed by atoms with Crippen LogP contribution in [-0.2, 0) is 19.1 Å². The van der Waals surface area contributed by atoms with Gasteiger partial charge in [-0.1, -0.05) is 109 Å². The molecule has 0 fully saturated rings. The van der Waals surface area contributed by atoms with E-state index in [0.29, 0.717) is 43.7 Å². The van der Waals surface area contributed by atoms with E-state index in [1.54, 1.807) is 58.9 Å². The van der Waals surface area contributed by atoms with Crippen molar-refractivity contribution in [3.05, 3.63) is 176 Å². The summed E-state index contributed by atoms with van der Waals surface area (Å²) < 4.78 is 12.3. The lowest BCUT2D eigenvalue weighted by Crippen LogP contribution is -2.62. The minimum Gasteiger partial charge on any atom is -0.433 e. The zero-order valence-corrected chi connectivity index (χ0v) is 36.4. The van der Waals surface area contributed by atoms with Gasteiger partial charge in [-0.2, -0.15) is 0 Å². The lowest BCUT2D eigenvalue weighted by atomic mass is 10.00. The van der Waals surface area contributed by atoms with Gasteiger partial charge in [0.15, 0.2) is 12.2 Å². The maximum absolute atomic E-state index is 14.2. The number of nitrogens with one attached hydrogen (secondary N) is 2. The van der Waals surface area contributed by atoms with Gasteiger partial charge in [0, 0.05) is 47.7 Å². The van der Waals surface area contributed by atoms with Crippen LogP contribution >= 0.6 is 22.7 Å². The van der Waals surface area contributed by atoms with E-state index in [1.807, 2.05) is 109 Å². The summed E-state index contributed by atoms with van der Waals surface area (Å²) in [5, 5.41) is 32.4. The highest BCUT2D eigenvalue weighted by Crippen LogP contribution is 2.35. The van der Waals surface area contributed by atoms with Gasteiger partial charge in [0.1, 0.15) is 13.1 Å². The van der Waals surface area contributed by atoms with E-state index in [2.05, 4.69) is 10.6 Å². The molecule has 2 aromatic heterocycles. The molecule has 326 valence electrons. The van der Waals surface area contributed by atoms with Crippen molar-refractivity contribution < 1.29 is 38.9 Å². The highest BCUT2D eigenvalue weighted by Gasteiger charge is 2.48. The molecule has 4 unspecified atom stereocenters. The first kappa shape index (κ1) is 43.7. The lowest BCUT2D eigenvalue weighted by Gasteiger charge is -2.42. The Morgan fingerprint density at radius 1 is 0.578 bits per heavy atom. The number of benzene rings is 4. The summed E-state index contributed by atoms with van der Waals surface area (Å²) in [4.78, 5) is 69.2. The van der Waals surface area contributed by atoms with Gasteiger partial charge in [0.2, 0.25) is 11.4 Å². The smallest absolute Gasteiger partial charge is 0.340 e. The summed E-state index contributed by atoms with van der Waals surface area (Å²) >= 11 is 2.46. The molecule has 4 heterocycles. The fourth-order valence-corrected chi connectivity index (χ4v) is 8.93. The quantitative estimate of drug-likeness (QED) is 0.113. The molecule has 14 nitrogen and oxygen atoms in total. The second-order valence-electron chi connectivity index (χ2n) is 15.2. The molecular weight excluding hydrogens is 853 g/mol. The first-order valence-corrected chi connectivity index (χ1v) is 22.1. The number of amides is 2. The Bertz CT molecular complexity index is 2510. The number of carbonyl (C=O) groups excluding carboxylic acids is 4. The van der Waals surface area contributed by atoms with Crippen LogP contribution in [0, 0.1) is 0 Å². The van der Waals surface area contributed by atoms with E-state index in [-0.39, 0.29) is 26.2 Å². The van der Waals surface area contributed by atoms with Crippen molar-refractivity contribution in [2.75, 3.05) is 50.1 Å². The van der Waals surface area contributed by atoms with Gasteiger partial charge in [-0.05, 0) is 35.0 Å². The van der Waals surface area contributed by atoms with Gasteiger partial charge in [-0.3, -0.25) is 19.6 Å². The van der Waals surface area contributed by atoms with Crippen LogP contribution in [0.5, 0.6) is 0 Å². The number of aliphatic hydroxyl groups excluding tert-OH is 2. The van der Waals surface area contributed by atoms with Crippen LogP contribution in [0.25, 0.3) is 0 Å². The largest absolute Gasteiger partial charge is 0.433 e. The molecule has 0 spiro atoms. The minimum atomic E-state index is -2.48. The van der Waals surface area contributed by atoms with Crippen molar-refractivity contribution in [3.63, 3.8) is 0 Å². The number of anilines is 2. The number of aliphatic imine (C=N–C) groups is 2. The number of carbonyl (C=O) groups is 4. The Balaban J connectivity index is 1.11. The SMILES string of the molecule is CN1c2ccccc2C(c2ccccc2)=NCC1(CNC(=O)c1cccs1)OC(=O)C(O)C(O)C(=O)OC1(CNC(=O)c2cccs2)CN=C(c2ccccc2)c2ccccc2N1C. The van der Waals surface area contributed by atoms with Crippen LogP contribution in [0.4, 0.5) is 11.4 Å². The van der Waals surface area contributed by atoms with Crippen LogP contribution in [0.15, 0.2) is 154 Å². The van der Waals surface area contributed by atoms with Crippen molar-refractivity contribution in [1.82, 2.24) is 10.6 Å². The predicted molar refractivity (Wildman–Crippen MR) is 247 cm³/mol. The molecule has 2 aliphatic rings. The van der Waals surface area contributed by atoms with E-state index in [1.165, 1.54) is 22.7 Å². The third kappa shape index (κ3) is 8.81. The molecule has 0 aliphatic carbocycles. The summed E-state index contributed by atoms with van der Waals surface area (Å²) in [6.45, 7) is -1.08. The third-order valence-corrected chi connectivity index (χ3v) is 13.0.